The van der Waals surface area contributed by atoms with Gasteiger partial charge < -0.3 is 26.0 Å². The highest BCUT2D eigenvalue weighted by Crippen LogP contribution is 2.25. The summed E-state index contributed by atoms with van der Waals surface area (Å²) < 4.78 is 32.9. The monoisotopic (exact) mass is 456 g/mol. The van der Waals surface area contributed by atoms with Crippen molar-refractivity contribution in [2.45, 2.75) is 13.5 Å². The molecule has 10 heteroatoms. The predicted octanol–water partition coefficient (Wildman–Crippen LogP) is 1.96. The van der Waals surface area contributed by atoms with Gasteiger partial charge in [0.2, 0.25) is 0 Å². The second-order valence-electron chi connectivity index (χ2n) is 7.75. The van der Waals surface area contributed by atoms with Crippen molar-refractivity contribution in [3.8, 4) is 0 Å². The lowest BCUT2D eigenvalue weighted by Crippen LogP contribution is -2.43. The molecule has 2 aromatic rings. The average molecular weight is 456 g/mol. The number of benzene rings is 2. The lowest BCUT2D eigenvalue weighted by Gasteiger charge is -2.30. The standard InChI is InChI=1S/C23H26F2N6O2/c1-14-11-16(5-6-19(14)31-7-9-33-10-8-31)28-20-12-18(22(23(26)32)30-29-20)27-13-15-3-2-4-17(24)21(15)25/h2-6,11-12,27-30H,7-10,13H2,1H3,(H2,26,32). The molecule has 2 aromatic carbocycles. The number of carbonyl (C=O) groups excluding carboxylic acids is 1. The minimum atomic E-state index is -0.939. The molecule has 0 unspecified atom stereocenters. The van der Waals surface area contributed by atoms with E-state index in [2.05, 4.69) is 32.5 Å². The van der Waals surface area contributed by atoms with E-state index < -0.39 is 17.5 Å². The first-order valence-electron chi connectivity index (χ1n) is 10.6. The van der Waals surface area contributed by atoms with Crippen molar-refractivity contribution in [2.24, 2.45) is 5.73 Å². The quantitative estimate of drug-likeness (QED) is 0.434. The van der Waals surface area contributed by atoms with Gasteiger partial charge in [-0.3, -0.25) is 15.6 Å². The number of nitrogens with two attached hydrogens (primary N) is 1. The van der Waals surface area contributed by atoms with Crippen LogP contribution in [0.5, 0.6) is 0 Å². The van der Waals surface area contributed by atoms with E-state index in [-0.39, 0.29) is 17.8 Å². The maximum atomic E-state index is 14.0. The third-order valence-electron chi connectivity index (χ3n) is 5.46. The number of nitrogens with one attached hydrogen (secondary N) is 4. The minimum absolute atomic E-state index is 0.0332. The Morgan fingerprint density at radius 3 is 2.70 bits per heavy atom. The van der Waals surface area contributed by atoms with Gasteiger partial charge >= 0.3 is 0 Å². The number of morpholine rings is 1. The second-order valence-corrected chi connectivity index (χ2v) is 7.75. The zero-order valence-electron chi connectivity index (χ0n) is 18.2. The number of rotatable bonds is 7. The summed E-state index contributed by atoms with van der Waals surface area (Å²) >= 11 is 0. The molecule has 0 aromatic heterocycles. The summed E-state index contributed by atoms with van der Waals surface area (Å²) in [6, 6.07) is 9.97. The molecule has 4 rings (SSSR count). The summed E-state index contributed by atoms with van der Waals surface area (Å²) in [7, 11) is 0. The highest BCUT2D eigenvalue weighted by Gasteiger charge is 2.19. The Balaban J connectivity index is 1.50. The second kappa shape index (κ2) is 9.78. The Bertz CT molecular complexity index is 1110. The fourth-order valence-corrected chi connectivity index (χ4v) is 3.77. The molecule has 2 aliphatic heterocycles. The van der Waals surface area contributed by atoms with Gasteiger partial charge in [-0.15, -0.1) is 0 Å². The molecule has 2 heterocycles. The van der Waals surface area contributed by atoms with Crippen LogP contribution in [0.15, 0.2) is 59.7 Å². The van der Waals surface area contributed by atoms with Crippen LogP contribution in [0.2, 0.25) is 0 Å². The van der Waals surface area contributed by atoms with Crippen LogP contribution in [-0.4, -0.2) is 32.2 Å². The van der Waals surface area contributed by atoms with Crippen LogP contribution in [0.25, 0.3) is 0 Å². The van der Waals surface area contributed by atoms with Gasteiger partial charge in [0.05, 0.1) is 18.9 Å². The minimum Gasteiger partial charge on any atom is -0.379 e. The molecule has 0 bridgehead atoms. The number of primary amides is 1. The van der Waals surface area contributed by atoms with E-state index in [1.807, 2.05) is 19.1 Å². The van der Waals surface area contributed by atoms with Crippen molar-refractivity contribution in [3.63, 3.8) is 0 Å². The molecule has 2 aliphatic rings. The van der Waals surface area contributed by atoms with Crippen LogP contribution in [0, 0.1) is 18.6 Å². The van der Waals surface area contributed by atoms with Crippen LogP contribution < -0.4 is 32.1 Å². The molecule has 1 amide bonds. The fraction of sp³-hybridized carbons (Fsp3) is 0.261. The van der Waals surface area contributed by atoms with Crippen molar-refractivity contribution in [1.82, 2.24) is 16.2 Å². The van der Waals surface area contributed by atoms with E-state index in [0.717, 1.165) is 36.1 Å². The number of amides is 1. The molecule has 8 nitrogen and oxygen atoms in total. The average Bonchev–Trinajstić information content (AvgIpc) is 2.80. The number of nitrogens with zero attached hydrogens (tertiary/aromatic N) is 1. The zero-order valence-corrected chi connectivity index (χ0v) is 18.2. The van der Waals surface area contributed by atoms with Gasteiger partial charge in [0, 0.05) is 42.6 Å². The van der Waals surface area contributed by atoms with Crippen LogP contribution in [-0.2, 0) is 16.1 Å². The van der Waals surface area contributed by atoms with E-state index in [0.29, 0.717) is 24.7 Å². The van der Waals surface area contributed by atoms with Crippen LogP contribution >= 0.6 is 0 Å². The van der Waals surface area contributed by atoms with Gasteiger partial charge in [-0.1, -0.05) is 12.1 Å². The van der Waals surface area contributed by atoms with Crippen LogP contribution in [0.3, 0.4) is 0 Å². The molecular weight excluding hydrogens is 430 g/mol. The molecule has 33 heavy (non-hydrogen) atoms. The first-order chi connectivity index (χ1) is 15.9. The number of halogens is 2. The molecule has 1 saturated heterocycles. The SMILES string of the molecule is Cc1cc(NC2=CC(NCc3cccc(F)c3F)=C(C(N)=O)NN2)ccc1N1CCOCC1. The predicted molar refractivity (Wildman–Crippen MR) is 122 cm³/mol. The fourth-order valence-electron chi connectivity index (χ4n) is 3.77. The molecule has 1 fully saturated rings. The van der Waals surface area contributed by atoms with Gasteiger partial charge in [-0.05, 0) is 36.8 Å². The van der Waals surface area contributed by atoms with Crippen molar-refractivity contribution in [2.75, 3.05) is 36.5 Å². The van der Waals surface area contributed by atoms with Crippen molar-refractivity contribution in [1.29, 1.82) is 0 Å². The van der Waals surface area contributed by atoms with Gasteiger partial charge in [-0.25, -0.2) is 8.78 Å². The molecular formula is C23H26F2N6O2. The topological polar surface area (TPSA) is 104 Å². The van der Waals surface area contributed by atoms with Crippen molar-refractivity contribution < 1.29 is 18.3 Å². The third-order valence-corrected chi connectivity index (χ3v) is 5.46. The van der Waals surface area contributed by atoms with Crippen molar-refractivity contribution in [3.05, 3.63) is 82.5 Å². The Labute approximate surface area is 190 Å². The Hall–Kier alpha value is -3.79. The highest BCUT2D eigenvalue weighted by atomic mass is 19.2. The highest BCUT2D eigenvalue weighted by molar-refractivity contribution is 5.92. The number of anilines is 2. The first kappa shape index (κ1) is 22.4. The summed E-state index contributed by atoms with van der Waals surface area (Å²) in [6.45, 7) is 5.15. The van der Waals surface area contributed by atoms with Gasteiger partial charge in [-0.2, -0.15) is 0 Å². The van der Waals surface area contributed by atoms with E-state index in [1.165, 1.54) is 12.1 Å². The molecule has 0 atom stereocenters. The summed E-state index contributed by atoms with van der Waals surface area (Å²) in [5.74, 6) is -2.03. The number of hydrazine groups is 1. The van der Waals surface area contributed by atoms with E-state index in [4.69, 9.17) is 10.5 Å². The van der Waals surface area contributed by atoms with Gasteiger partial charge in [0.15, 0.2) is 11.6 Å². The number of ether oxygens (including phenoxy) is 1. The van der Waals surface area contributed by atoms with Gasteiger partial charge in [0.25, 0.3) is 5.91 Å². The summed E-state index contributed by atoms with van der Waals surface area (Å²) in [5.41, 5.74) is 14.7. The van der Waals surface area contributed by atoms with E-state index in [9.17, 15) is 13.6 Å². The van der Waals surface area contributed by atoms with Crippen molar-refractivity contribution >= 4 is 17.3 Å². The molecule has 174 valence electrons. The molecule has 0 radical (unpaired) electrons. The van der Waals surface area contributed by atoms with Gasteiger partial charge in [0.1, 0.15) is 11.5 Å². The molecule has 0 spiro atoms. The van der Waals surface area contributed by atoms with E-state index in [1.54, 1.807) is 6.08 Å². The largest absolute Gasteiger partial charge is 0.379 e. The Kier molecular flexibility index (Phi) is 6.64. The number of carbonyl (C=O) groups is 1. The number of aryl methyl sites for hydroxylation is 1. The maximum Gasteiger partial charge on any atom is 0.268 e. The number of hydrogen-bond donors (Lipinski definition) is 5. The van der Waals surface area contributed by atoms with E-state index >= 15 is 0 Å². The zero-order chi connectivity index (χ0) is 23.4. The third kappa shape index (κ3) is 5.17. The van der Waals surface area contributed by atoms with Crippen LogP contribution in [0.1, 0.15) is 11.1 Å². The van der Waals surface area contributed by atoms with Crippen LogP contribution in [0.4, 0.5) is 20.2 Å². The summed E-state index contributed by atoms with van der Waals surface area (Å²) in [5, 5.41) is 6.20. The first-order valence-corrected chi connectivity index (χ1v) is 10.6. The smallest absolute Gasteiger partial charge is 0.268 e. The lowest BCUT2D eigenvalue weighted by molar-refractivity contribution is -0.115. The number of hydrogen-bond acceptors (Lipinski definition) is 7. The molecule has 6 N–H and O–H groups in total. The molecule has 0 aliphatic carbocycles. The lowest BCUT2D eigenvalue weighted by atomic mass is 10.1. The Morgan fingerprint density at radius 1 is 1.18 bits per heavy atom. The Morgan fingerprint density at radius 2 is 1.97 bits per heavy atom. The summed E-state index contributed by atoms with van der Waals surface area (Å²) in [4.78, 5) is 14.1. The number of allylic oxidation sites excluding steroid dienone is 1. The summed E-state index contributed by atoms with van der Waals surface area (Å²) in [6.07, 6.45) is 1.64. The normalized spacial score (nSPS) is 16.0. The maximum absolute atomic E-state index is 14.0. The molecule has 0 saturated carbocycles.